The number of carbonyl (C=O) groups excluding carboxylic acids is 1. The normalized spacial score (nSPS) is 20.1. The van der Waals surface area contributed by atoms with Gasteiger partial charge in [0.25, 0.3) is 0 Å². The van der Waals surface area contributed by atoms with Crippen LogP contribution in [0.5, 0.6) is 0 Å². The lowest BCUT2D eigenvalue weighted by atomic mass is 9.88. The molecule has 1 atom stereocenters. The molecule has 0 bridgehead atoms. The van der Waals surface area contributed by atoms with Gasteiger partial charge in [-0.1, -0.05) is 39.0 Å². The maximum Gasteiger partial charge on any atom is 0.307 e. The van der Waals surface area contributed by atoms with Crippen molar-refractivity contribution in [2.45, 2.75) is 84.1 Å². The molecule has 0 aromatic rings. The Balaban J connectivity index is 2.66. The van der Waals surface area contributed by atoms with Gasteiger partial charge in [0.1, 0.15) is 0 Å². The molecule has 0 aliphatic carbocycles. The fourth-order valence-corrected chi connectivity index (χ4v) is 3.25. The molecule has 0 N–H and O–H groups in total. The predicted octanol–water partition coefficient (Wildman–Crippen LogP) is 4.15. The largest absolute Gasteiger partial charge is 0.466 e. The lowest BCUT2D eigenvalue weighted by Gasteiger charge is -2.40. The summed E-state index contributed by atoms with van der Waals surface area (Å²) in [5, 5.41) is 0. The van der Waals surface area contributed by atoms with Crippen molar-refractivity contribution in [2.75, 3.05) is 19.7 Å². The number of unbranched alkanes of at least 4 members (excludes halogenated alkanes) is 2. The third-order valence-electron chi connectivity index (χ3n) is 4.52. The highest BCUT2D eigenvalue weighted by atomic mass is 16.5. The highest BCUT2D eigenvalue weighted by molar-refractivity contribution is 5.70. The summed E-state index contributed by atoms with van der Waals surface area (Å²) in [6, 6.07) is 0. The van der Waals surface area contributed by atoms with E-state index in [1.165, 1.54) is 44.9 Å². The van der Waals surface area contributed by atoms with E-state index >= 15 is 0 Å². The first-order valence-corrected chi connectivity index (χ1v) is 8.53. The molecule has 20 heavy (non-hydrogen) atoms. The Labute approximate surface area is 125 Å². The van der Waals surface area contributed by atoms with Crippen LogP contribution in [0.3, 0.4) is 0 Å². The maximum atomic E-state index is 12.0. The lowest BCUT2D eigenvalue weighted by molar-refractivity contribution is -0.146. The molecule has 1 aliphatic rings. The molecule has 1 unspecified atom stereocenters. The van der Waals surface area contributed by atoms with Gasteiger partial charge in [-0.25, -0.2) is 0 Å². The second-order valence-electron chi connectivity index (χ2n) is 6.34. The van der Waals surface area contributed by atoms with Gasteiger partial charge in [0.2, 0.25) is 0 Å². The van der Waals surface area contributed by atoms with Gasteiger partial charge in [0.05, 0.1) is 13.0 Å². The summed E-state index contributed by atoms with van der Waals surface area (Å²) in [5.74, 6) is -0.0317. The van der Waals surface area contributed by atoms with E-state index in [0.29, 0.717) is 13.0 Å². The summed E-state index contributed by atoms with van der Waals surface area (Å²) in [7, 11) is 0. The quantitative estimate of drug-likeness (QED) is 0.495. The van der Waals surface area contributed by atoms with Crippen LogP contribution in [-0.2, 0) is 9.53 Å². The van der Waals surface area contributed by atoms with Crippen molar-refractivity contribution in [2.24, 2.45) is 0 Å². The molecular formula is C17H33NO2. The van der Waals surface area contributed by atoms with Gasteiger partial charge in [-0.05, 0) is 46.2 Å². The zero-order valence-electron chi connectivity index (χ0n) is 13.7. The van der Waals surface area contributed by atoms with Gasteiger partial charge >= 0.3 is 5.97 Å². The molecule has 1 aliphatic heterocycles. The van der Waals surface area contributed by atoms with E-state index in [4.69, 9.17) is 4.74 Å². The van der Waals surface area contributed by atoms with Crippen LogP contribution in [0.1, 0.15) is 78.6 Å². The predicted molar refractivity (Wildman–Crippen MR) is 83.8 cm³/mol. The van der Waals surface area contributed by atoms with Crippen molar-refractivity contribution in [1.82, 2.24) is 4.90 Å². The number of esters is 1. The van der Waals surface area contributed by atoms with Crippen molar-refractivity contribution in [1.29, 1.82) is 0 Å². The molecule has 1 fully saturated rings. The zero-order valence-corrected chi connectivity index (χ0v) is 13.7. The molecule has 1 rings (SSSR count). The third-order valence-corrected chi connectivity index (χ3v) is 4.52. The molecule has 0 radical (unpaired) electrons. The summed E-state index contributed by atoms with van der Waals surface area (Å²) in [6.07, 6.45) is 10.6. The molecule has 1 saturated heterocycles. The van der Waals surface area contributed by atoms with Gasteiger partial charge in [-0.3, -0.25) is 9.69 Å². The molecule has 0 spiro atoms. The summed E-state index contributed by atoms with van der Waals surface area (Å²) >= 11 is 0. The molecule has 3 heteroatoms. The second kappa shape index (κ2) is 9.38. The molecule has 118 valence electrons. The number of rotatable bonds is 8. The van der Waals surface area contributed by atoms with Crippen LogP contribution in [0.2, 0.25) is 0 Å². The number of nitrogens with zero attached hydrogens (tertiary/aromatic N) is 1. The van der Waals surface area contributed by atoms with Crippen molar-refractivity contribution < 1.29 is 9.53 Å². The van der Waals surface area contributed by atoms with Crippen LogP contribution >= 0.6 is 0 Å². The Morgan fingerprint density at radius 1 is 1.10 bits per heavy atom. The molecule has 0 aromatic heterocycles. The van der Waals surface area contributed by atoms with E-state index in [2.05, 4.69) is 18.7 Å². The zero-order chi connectivity index (χ0) is 14.8. The van der Waals surface area contributed by atoms with Crippen molar-refractivity contribution in [3.8, 4) is 0 Å². The van der Waals surface area contributed by atoms with Crippen LogP contribution in [0.25, 0.3) is 0 Å². The summed E-state index contributed by atoms with van der Waals surface area (Å²) in [6.45, 7) is 9.16. The first kappa shape index (κ1) is 17.5. The monoisotopic (exact) mass is 283 g/mol. The smallest absolute Gasteiger partial charge is 0.307 e. The van der Waals surface area contributed by atoms with Gasteiger partial charge in [0, 0.05) is 5.54 Å². The van der Waals surface area contributed by atoms with E-state index in [9.17, 15) is 4.79 Å². The van der Waals surface area contributed by atoms with E-state index < -0.39 is 0 Å². The van der Waals surface area contributed by atoms with Gasteiger partial charge in [-0.15, -0.1) is 0 Å². The second-order valence-corrected chi connectivity index (χ2v) is 6.34. The Kier molecular flexibility index (Phi) is 8.20. The van der Waals surface area contributed by atoms with E-state index in [-0.39, 0.29) is 11.5 Å². The average molecular weight is 283 g/mol. The van der Waals surface area contributed by atoms with Crippen LogP contribution < -0.4 is 0 Å². The van der Waals surface area contributed by atoms with Gasteiger partial charge in [0.15, 0.2) is 0 Å². The third kappa shape index (κ3) is 5.82. The topological polar surface area (TPSA) is 29.5 Å². The van der Waals surface area contributed by atoms with Crippen LogP contribution in [0, 0.1) is 0 Å². The Morgan fingerprint density at radius 2 is 1.75 bits per heavy atom. The molecule has 3 nitrogen and oxygen atoms in total. The molecule has 0 amide bonds. The average Bonchev–Trinajstić information content (AvgIpc) is 2.68. The SMILES string of the molecule is CCCCCC(C)(CC(=O)OCC)N1CCCCCC1. The maximum absolute atomic E-state index is 12.0. The lowest BCUT2D eigenvalue weighted by Crippen LogP contribution is -2.48. The summed E-state index contributed by atoms with van der Waals surface area (Å²) in [5.41, 5.74) is -0.00817. The van der Waals surface area contributed by atoms with Crippen LogP contribution in [0.4, 0.5) is 0 Å². The molecular weight excluding hydrogens is 250 g/mol. The first-order chi connectivity index (χ1) is 9.62. The minimum atomic E-state index is -0.0317. The van der Waals surface area contributed by atoms with Crippen molar-refractivity contribution >= 4 is 5.97 Å². The van der Waals surface area contributed by atoms with Gasteiger partial charge in [-0.2, -0.15) is 0 Å². The summed E-state index contributed by atoms with van der Waals surface area (Å²) in [4.78, 5) is 14.5. The molecule has 1 heterocycles. The number of hydrogen-bond acceptors (Lipinski definition) is 3. The Hall–Kier alpha value is -0.570. The minimum Gasteiger partial charge on any atom is -0.466 e. The highest BCUT2D eigenvalue weighted by Gasteiger charge is 2.34. The van der Waals surface area contributed by atoms with E-state index in [0.717, 1.165) is 19.5 Å². The fraction of sp³-hybridized carbons (Fsp3) is 0.941. The molecule has 0 aromatic carbocycles. The van der Waals surface area contributed by atoms with Crippen LogP contribution in [-0.4, -0.2) is 36.1 Å². The van der Waals surface area contributed by atoms with Crippen LogP contribution in [0.15, 0.2) is 0 Å². The number of ether oxygens (including phenoxy) is 1. The fourth-order valence-electron chi connectivity index (χ4n) is 3.25. The highest BCUT2D eigenvalue weighted by Crippen LogP contribution is 2.29. The van der Waals surface area contributed by atoms with E-state index in [1.54, 1.807) is 0 Å². The van der Waals surface area contributed by atoms with Crippen molar-refractivity contribution in [3.05, 3.63) is 0 Å². The number of likely N-dealkylation sites (tertiary alicyclic amines) is 1. The Bertz CT molecular complexity index is 272. The van der Waals surface area contributed by atoms with Crippen molar-refractivity contribution in [3.63, 3.8) is 0 Å². The number of carbonyl (C=O) groups is 1. The number of hydrogen-bond donors (Lipinski definition) is 0. The minimum absolute atomic E-state index is 0.00817. The molecule has 0 saturated carbocycles. The Morgan fingerprint density at radius 3 is 2.30 bits per heavy atom. The first-order valence-electron chi connectivity index (χ1n) is 8.53. The summed E-state index contributed by atoms with van der Waals surface area (Å²) < 4.78 is 5.20. The van der Waals surface area contributed by atoms with Gasteiger partial charge < -0.3 is 4.74 Å². The standard InChI is InChI=1S/C17H33NO2/c1-4-6-9-12-17(3,15-16(19)20-5-2)18-13-10-7-8-11-14-18/h4-15H2,1-3H3. The van der Waals surface area contributed by atoms with E-state index in [1.807, 2.05) is 6.92 Å².